The van der Waals surface area contributed by atoms with Gasteiger partial charge >= 0.3 is 10.1 Å². The van der Waals surface area contributed by atoms with E-state index in [-0.39, 0.29) is 21.6 Å². The fraction of sp³-hybridized carbons (Fsp3) is 0.0455. The Morgan fingerprint density at radius 1 is 0.392 bits per heavy atom. The summed E-state index contributed by atoms with van der Waals surface area (Å²) in [7, 11) is 4.00. The van der Waals surface area contributed by atoms with Crippen LogP contribution in [0.5, 0.6) is 11.5 Å². The molecule has 2 N–H and O–H groups in total. The van der Waals surface area contributed by atoms with Gasteiger partial charge in [-0.05, 0) is 80.8 Å². The number of H-pyrrole nitrogens is 2. The Balaban J connectivity index is 0.000000144. The molecule has 0 fully saturated rings. The predicted octanol–water partition coefficient (Wildman–Crippen LogP) is 7.70. The van der Waals surface area contributed by atoms with E-state index in [1.165, 1.54) is 10.8 Å². The number of aromatic amines is 2. The first kappa shape index (κ1) is 31.8. The molecule has 10 aromatic rings. The third-order valence-electron chi connectivity index (χ3n) is 9.96. The smallest absolute Gasteiger partial charge is 0.871 e. The molecule has 10 rings (SSSR count). The Labute approximate surface area is 297 Å². The molecule has 0 bridgehead atoms. The average molecular weight is 658 g/mol. The molecule has 2 heterocycles. The van der Waals surface area contributed by atoms with Crippen molar-refractivity contribution in [2.45, 2.75) is 0 Å². The molecule has 8 aromatic carbocycles. The van der Waals surface area contributed by atoms with Gasteiger partial charge in [0.05, 0.1) is 25.2 Å². The van der Waals surface area contributed by atoms with Crippen molar-refractivity contribution >= 4 is 75.3 Å². The van der Waals surface area contributed by atoms with Crippen LogP contribution in [0, 0.1) is 0 Å². The summed E-state index contributed by atoms with van der Waals surface area (Å²) in [4.78, 5) is 6.98. The number of fused-ring (bicyclic) bond motifs is 8. The van der Waals surface area contributed by atoms with Crippen molar-refractivity contribution in [1.82, 2.24) is 9.13 Å². The molecule has 7 heteroatoms. The SMILES string of the molecule is Cn1c(-c2ccc3ccccc3c2[O-])[nH+]c2c3ccccc3ccc21.Cn1c(-c2ccc3ccccc3c2[O-])[nH+]c2c3ccccc3ccc21.[Be+2]. The monoisotopic (exact) mass is 657 g/mol. The van der Waals surface area contributed by atoms with Crippen LogP contribution in [0.3, 0.4) is 0 Å². The molecule has 51 heavy (non-hydrogen) atoms. The van der Waals surface area contributed by atoms with Gasteiger partial charge in [-0.2, -0.15) is 0 Å². The summed E-state index contributed by atoms with van der Waals surface area (Å²) in [5, 5.41) is 34.1. The maximum atomic E-state index is 13.0. The quantitative estimate of drug-likeness (QED) is 0.179. The number of nitrogens with zero attached hydrogens (tertiary/aromatic N) is 2. The molecule has 0 saturated heterocycles. The number of benzene rings is 8. The summed E-state index contributed by atoms with van der Waals surface area (Å²) >= 11 is 0. The van der Waals surface area contributed by atoms with E-state index in [9.17, 15) is 10.2 Å². The predicted molar refractivity (Wildman–Crippen MR) is 204 cm³/mol. The van der Waals surface area contributed by atoms with Crippen molar-refractivity contribution in [1.29, 1.82) is 0 Å². The third kappa shape index (κ3) is 5.08. The molecule has 2 aromatic heterocycles. The van der Waals surface area contributed by atoms with Gasteiger partial charge in [-0.15, -0.1) is 0 Å². The zero-order valence-electron chi connectivity index (χ0n) is 28.3. The molecule has 0 aliphatic rings. The minimum Gasteiger partial charge on any atom is -0.871 e. The van der Waals surface area contributed by atoms with E-state index in [4.69, 9.17) is 0 Å². The maximum absolute atomic E-state index is 13.0. The molecule has 6 nitrogen and oxygen atoms in total. The standard InChI is InChI=1S/2C22H16N2O.Be/c2*1-24-19-13-11-14-6-2-4-8-16(14)20(19)23-22(24)18-12-10-15-7-3-5-9-17(15)21(18)25;/h2*2-13,25H,1H3;/q;;+2. The molecule has 240 valence electrons. The van der Waals surface area contributed by atoms with Gasteiger partial charge in [0, 0.05) is 10.8 Å². The first-order chi connectivity index (χ1) is 24.5. The van der Waals surface area contributed by atoms with Crippen LogP contribution in [0.1, 0.15) is 0 Å². The molecule has 0 aliphatic heterocycles. The molecule has 0 atom stereocenters. The van der Waals surface area contributed by atoms with E-state index < -0.39 is 0 Å². The molecule has 0 aliphatic carbocycles. The van der Waals surface area contributed by atoms with Crippen LogP contribution < -0.4 is 20.2 Å². The second-order valence-electron chi connectivity index (χ2n) is 12.8. The van der Waals surface area contributed by atoms with Crippen LogP contribution in [0.25, 0.3) is 87.9 Å². The van der Waals surface area contributed by atoms with Crippen molar-refractivity contribution in [3.63, 3.8) is 0 Å². The maximum Gasteiger partial charge on any atom is 2.00 e. The number of rotatable bonds is 2. The molecular weight excluding hydrogens is 626 g/mol. The Bertz CT molecular complexity index is 2740. The average Bonchev–Trinajstić information content (AvgIpc) is 3.68. The van der Waals surface area contributed by atoms with Gasteiger partial charge in [-0.25, -0.2) is 19.1 Å². The van der Waals surface area contributed by atoms with Gasteiger partial charge in [0.2, 0.25) is 0 Å². The van der Waals surface area contributed by atoms with Gasteiger partial charge in [0.1, 0.15) is 0 Å². The van der Waals surface area contributed by atoms with Crippen LogP contribution in [-0.4, -0.2) is 19.3 Å². The molecule has 0 unspecified atom stereocenters. The summed E-state index contributed by atoms with van der Waals surface area (Å²) < 4.78 is 4.13. The topological polar surface area (TPSA) is 84.3 Å². The fourth-order valence-corrected chi connectivity index (χ4v) is 7.34. The summed E-state index contributed by atoms with van der Waals surface area (Å²) in [6, 6.07) is 48.3. The molecule has 0 radical (unpaired) electrons. The minimum atomic E-state index is 0. The van der Waals surface area contributed by atoms with Crippen molar-refractivity contribution < 1.29 is 20.2 Å². The Morgan fingerprint density at radius 3 is 1.10 bits per heavy atom. The molecule has 0 amide bonds. The van der Waals surface area contributed by atoms with Gasteiger partial charge in [0.15, 0.2) is 22.1 Å². The zero-order valence-corrected chi connectivity index (χ0v) is 28.3. The minimum absolute atomic E-state index is 0. The summed E-state index contributed by atoms with van der Waals surface area (Å²) in [6.45, 7) is 0. The van der Waals surface area contributed by atoms with Crippen LogP contribution in [0.2, 0.25) is 0 Å². The van der Waals surface area contributed by atoms with Crippen molar-refractivity contribution in [3.05, 3.63) is 146 Å². The van der Waals surface area contributed by atoms with E-state index in [0.29, 0.717) is 11.1 Å². The van der Waals surface area contributed by atoms with E-state index in [0.717, 1.165) is 66.0 Å². The summed E-state index contributed by atoms with van der Waals surface area (Å²) in [6.07, 6.45) is 0. The van der Waals surface area contributed by atoms with Crippen molar-refractivity contribution in [2.75, 3.05) is 0 Å². The van der Waals surface area contributed by atoms with E-state index in [1.807, 2.05) is 111 Å². The number of aryl methyl sites for hydroxylation is 2. The number of hydrogen-bond acceptors (Lipinski definition) is 2. The number of aromatic nitrogens is 4. The number of imidazole rings is 2. The van der Waals surface area contributed by atoms with E-state index in [2.05, 4.69) is 67.6 Å². The van der Waals surface area contributed by atoms with Crippen molar-refractivity contribution in [2.24, 2.45) is 14.1 Å². The van der Waals surface area contributed by atoms with Gasteiger partial charge in [0.25, 0.3) is 11.6 Å². The van der Waals surface area contributed by atoms with Crippen LogP contribution in [-0.2, 0) is 14.1 Å². The Hall–Kier alpha value is -6.49. The number of nitrogens with one attached hydrogen (secondary N) is 2. The van der Waals surface area contributed by atoms with E-state index >= 15 is 0 Å². The second kappa shape index (κ2) is 12.4. The van der Waals surface area contributed by atoms with Crippen molar-refractivity contribution in [3.8, 4) is 34.3 Å². The second-order valence-corrected chi connectivity index (χ2v) is 12.8. The van der Waals surface area contributed by atoms with Crippen LogP contribution >= 0.6 is 0 Å². The third-order valence-corrected chi connectivity index (χ3v) is 9.96. The molecule has 0 spiro atoms. The van der Waals surface area contributed by atoms with Gasteiger partial charge < -0.3 is 10.2 Å². The largest absolute Gasteiger partial charge is 2.00 e. The van der Waals surface area contributed by atoms with Gasteiger partial charge in [-0.1, -0.05) is 109 Å². The first-order valence-electron chi connectivity index (χ1n) is 16.6. The first-order valence-corrected chi connectivity index (χ1v) is 16.6. The zero-order chi connectivity index (χ0) is 33.9. The normalized spacial score (nSPS) is 11.3. The Morgan fingerprint density at radius 2 is 0.706 bits per heavy atom. The summed E-state index contributed by atoms with van der Waals surface area (Å²) in [5.74, 6) is 1.79. The van der Waals surface area contributed by atoms with E-state index in [1.54, 1.807) is 0 Å². The molecular formula is C44H32BeN4O2+2. The van der Waals surface area contributed by atoms with Gasteiger partial charge in [-0.3, -0.25) is 0 Å². The summed E-state index contributed by atoms with van der Waals surface area (Å²) in [5.41, 5.74) is 5.68. The Kier molecular flexibility index (Phi) is 7.74. The fourth-order valence-electron chi connectivity index (χ4n) is 7.34. The van der Waals surface area contributed by atoms with Crippen LogP contribution in [0.15, 0.2) is 146 Å². The van der Waals surface area contributed by atoms with Crippen LogP contribution in [0.4, 0.5) is 0 Å². The molecule has 0 saturated carbocycles. The number of hydrogen-bond donors (Lipinski definition) is 0.